The van der Waals surface area contributed by atoms with Gasteiger partial charge in [0, 0.05) is 0 Å². The molecular weight excluding hydrogens is 127 g/mol. The number of rotatable bonds is 2. The average molecular weight is 137 g/mol. The van der Waals surface area contributed by atoms with Crippen molar-refractivity contribution in [3.8, 4) is 0 Å². The molecular formula is C9H10F. The van der Waals surface area contributed by atoms with Gasteiger partial charge in [-0.15, -0.1) is 0 Å². The van der Waals surface area contributed by atoms with E-state index in [4.69, 9.17) is 0 Å². The predicted octanol–water partition coefficient (Wildman–Crippen LogP) is 2.58. The Hall–Kier alpha value is -0.850. The van der Waals surface area contributed by atoms with Gasteiger partial charge >= 0.3 is 0 Å². The minimum atomic E-state index is -0.165. The first-order chi connectivity index (χ1) is 4.83. The Kier molecular flexibility index (Phi) is 2.43. The monoisotopic (exact) mass is 137 g/mol. The third-order valence-corrected chi connectivity index (χ3v) is 1.34. The van der Waals surface area contributed by atoms with E-state index in [0.717, 1.165) is 18.4 Å². The van der Waals surface area contributed by atoms with Crippen molar-refractivity contribution in [3.63, 3.8) is 0 Å². The SMILES string of the molecule is CCCc1[c]ccc(F)c1. The van der Waals surface area contributed by atoms with Gasteiger partial charge < -0.3 is 0 Å². The molecule has 0 N–H and O–H groups in total. The molecule has 0 atom stereocenters. The van der Waals surface area contributed by atoms with E-state index in [1.165, 1.54) is 12.1 Å². The second kappa shape index (κ2) is 3.35. The number of hydrogen-bond acceptors (Lipinski definition) is 0. The fraction of sp³-hybridized carbons (Fsp3) is 0.333. The number of aryl methyl sites for hydroxylation is 1. The Balaban J connectivity index is 2.75. The van der Waals surface area contributed by atoms with Gasteiger partial charge in [0.1, 0.15) is 5.82 Å². The van der Waals surface area contributed by atoms with Crippen LogP contribution in [0.1, 0.15) is 18.9 Å². The molecule has 0 spiro atoms. The number of benzene rings is 1. The van der Waals surface area contributed by atoms with Crippen LogP contribution < -0.4 is 0 Å². The highest BCUT2D eigenvalue weighted by Crippen LogP contribution is 2.04. The van der Waals surface area contributed by atoms with Gasteiger partial charge in [-0.05, 0) is 30.2 Å². The highest BCUT2D eigenvalue weighted by atomic mass is 19.1. The largest absolute Gasteiger partial charge is 0.207 e. The van der Waals surface area contributed by atoms with E-state index in [0.29, 0.717) is 0 Å². The second-order valence-electron chi connectivity index (χ2n) is 2.28. The van der Waals surface area contributed by atoms with E-state index in [9.17, 15) is 4.39 Å². The molecule has 1 radical (unpaired) electrons. The third kappa shape index (κ3) is 1.83. The zero-order valence-corrected chi connectivity index (χ0v) is 6.02. The van der Waals surface area contributed by atoms with Crippen LogP contribution in [0.2, 0.25) is 0 Å². The lowest BCUT2D eigenvalue weighted by atomic mass is 10.1. The summed E-state index contributed by atoms with van der Waals surface area (Å²) in [6.45, 7) is 2.07. The van der Waals surface area contributed by atoms with Crippen molar-refractivity contribution in [2.75, 3.05) is 0 Å². The summed E-state index contributed by atoms with van der Waals surface area (Å²) in [7, 11) is 0. The first-order valence-corrected chi connectivity index (χ1v) is 3.49. The molecule has 0 amide bonds. The smallest absolute Gasteiger partial charge is 0.123 e. The van der Waals surface area contributed by atoms with Gasteiger partial charge in [-0.2, -0.15) is 0 Å². The van der Waals surface area contributed by atoms with Crippen LogP contribution in [0.3, 0.4) is 0 Å². The van der Waals surface area contributed by atoms with Gasteiger partial charge in [0.25, 0.3) is 0 Å². The molecule has 0 saturated carbocycles. The topological polar surface area (TPSA) is 0 Å². The molecule has 0 fully saturated rings. The maximum Gasteiger partial charge on any atom is 0.123 e. The number of halogens is 1. The summed E-state index contributed by atoms with van der Waals surface area (Å²) in [5.41, 5.74) is 0.961. The Morgan fingerprint density at radius 3 is 3.00 bits per heavy atom. The van der Waals surface area contributed by atoms with Crippen LogP contribution in [0.25, 0.3) is 0 Å². The van der Waals surface area contributed by atoms with Crippen LogP contribution in [0.4, 0.5) is 4.39 Å². The summed E-state index contributed by atoms with van der Waals surface area (Å²) < 4.78 is 12.5. The summed E-state index contributed by atoms with van der Waals surface area (Å²) in [5, 5.41) is 0. The zero-order valence-electron chi connectivity index (χ0n) is 6.02. The predicted molar refractivity (Wildman–Crippen MR) is 39.2 cm³/mol. The van der Waals surface area contributed by atoms with Crippen molar-refractivity contribution in [1.29, 1.82) is 0 Å². The molecule has 1 heteroatoms. The summed E-state index contributed by atoms with van der Waals surface area (Å²) in [6.07, 6.45) is 1.96. The molecule has 0 aromatic heterocycles. The molecule has 1 aromatic carbocycles. The lowest BCUT2D eigenvalue weighted by molar-refractivity contribution is 0.625. The molecule has 1 rings (SSSR count). The molecule has 0 nitrogen and oxygen atoms in total. The van der Waals surface area contributed by atoms with Gasteiger partial charge in [-0.3, -0.25) is 0 Å². The normalized spacial score (nSPS) is 9.80. The van der Waals surface area contributed by atoms with Crippen molar-refractivity contribution in [2.24, 2.45) is 0 Å². The molecule has 53 valence electrons. The minimum absolute atomic E-state index is 0.165. The van der Waals surface area contributed by atoms with Crippen LogP contribution in [-0.4, -0.2) is 0 Å². The minimum Gasteiger partial charge on any atom is -0.207 e. The third-order valence-electron chi connectivity index (χ3n) is 1.34. The Bertz CT molecular complexity index is 206. The van der Waals surface area contributed by atoms with Gasteiger partial charge in [-0.25, -0.2) is 4.39 Å². The van der Waals surface area contributed by atoms with Gasteiger partial charge in [0.2, 0.25) is 0 Å². The Labute approximate surface area is 60.7 Å². The summed E-state index contributed by atoms with van der Waals surface area (Å²) in [5.74, 6) is -0.165. The van der Waals surface area contributed by atoms with Crippen molar-refractivity contribution in [1.82, 2.24) is 0 Å². The van der Waals surface area contributed by atoms with Crippen molar-refractivity contribution in [2.45, 2.75) is 19.8 Å². The molecule has 0 bridgehead atoms. The average Bonchev–Trinajstić information content (AvgIpc) is 1.88. The van der Waals surface area contributed by atoms with E-state index in [1.807, 2.05) is 0 Å². The molecule has 0 heterocycles. The molecule has 10 heavy (non-hydrogen) atoms. The van der Waals surface area contributed by atoms with Crippen LogP contribution in [0.15, 0.2) is 18.2 Å². The first-order valence-electron chi connectivity index (χ1n) is 3.49. The maximum absolute atomic E-state index is 12.5. The Morgan fingerprint density at radius 1 is 1.60 bits per heavy atom. The van der Waals surface area contributed by atoms with E-state index >= 15 is 0 Å². The summed E-state index contributed by atoms with van der Waals surface area (Å²) >= 11 is 0. The van der Waals surface area contributed by atoms with Crippen molar-refractivity contribution < 1.29 is 4.39 Å². The molecule has 0 saturated heterocycles. The van der Waals surface area contributed by atoms with Crippen LogP contribution >= 0.6 is 0 Å². The lowest BCUT2D eigenvalue weighted by Gasteiger charge is -1.95. The molecule has 0 aliphatic heterocycles. The quantitative estimate of drug-likeness (QED) is 0.587. The lowest BCUT2D eigenvalue weighted by Crippen LogP contribution is -1.83. The second-order valence-corrected chi connectivity index (χ2v) is 2.28. The maximum atomic E-state index is 12.5. The van der Waals surface area contributed by atoms with Crippen LogP contribution in [0.5, 0.6) is 0 Å². The van der Waals surface area contributed by atoms with E-state index in [1.54, 1.807) is 6.07 Å². The van der Waals surface area contributed by atoms with Gasteiger partial charge in [0.15, 0.2) is 0 Å². The molecule has 1 aromatic rings. The first kappa shape index (κ1) is 7.26. The highest BCUT2D eigenvalue weighted by Gasteiger charge is 1.92. The van der Waals surface area contributed by atoms with Gasteiger partial charge in [-0.1, -0.05) is 19.4 Å². The van der Waals surface area contributed by atoms with Crippen LogP contribution in [0, 0.1) is 11.9 Å². The van der Waals surface area contributed by atoms with Crippen molar-refractivity contribution >= 4 is 0 Å². The van der Waals surface area contributed by atoms with E-state index in [-0.39, 0.29) is 5.82 Å². The Morgan fingerprint density at radius 2 is 2.40 bits per heavy atom. The van der Waals surface area contributed by atoms with Gasteiger partial charge in [0.05, 0.1) is 0 Å². The van der Waals surface area contributed by atoms with Crippen molar-refractivity contribution in [3.05, 3.63) is 35.6 Å². The van der Waals surface area contributed by atoms with E-state index in [2.05, 4.69) is 13.0 Å². The van der Waals surface area contributed by atoms with Crippen LogP contribution in [-0.2, 0) is 6.42 Å². The van der Waals surface area contributed by atoms with E-state index < -0.39 is 0 Å². The summed E-state index contributed by atoms with van der Waals surface area (Å²) in [4.78, 5) is 0. The number of hydrogen-bond donors (Lipinski definition) is 0. The molecule has 0 unspecified atom stereocenters. The standard InChI is InChI=1S/C9H10F/c1-2-4-8-5-3-6-9(10)7-8/h3,6-7H,2,4H2,1H3. The highest BCUT2D eigenvalue weighted by molar-refractivity contribution is 5.14. The summed E-state index contributed by atoms with van der Waals surface area (Å²) in [6, 6.07) is 7.54. The fourth-order valence-corrected chi connectivity index (χ4v) is 0.898. The zero-order chi connectivity index (χ0) is 7.40. The fourth-order valence-electron chi connectivity index (χ4n) is 0.898. The molecule has 0 aliphatic carbocycles. The molecule has 0 aliphatic rings.